The van der Waals surface area contributed by atoms with Gasteiger partial charge in [0.25, 0.3) is 5.91 Å². The molecule has 0 saturated heterocycles. The second-order valence-corrected chi connectivity index (χ2v) is 4.85. The van der Waals surface area contributed by atoms with Gasteiger partial charge in [-0.05, 0) is 32.4 Å². The number of anilines is 1. The van der Waals surface area contributed by atoms with Gasteiger partial charge in [0.2, 0.25) is 5.91 Å². The highest BCUT2D eigenvalue weighted by Crippen LogP contribution is 2.04. The number of carbonyl (C=O) groups is 2. The Balaban J connectivity index is 2.35. The van der Waals surface area contributed by atoms with Gasteiger partial charge in [-0.15, -0.1) is 0 Å². The average molecular weight is 292 g/mol. The van der Waals surface area contributed by atoms with Crippen molar-refractivity contribution in [2.75, 3.05) is 18.4 Å². The van der Waals surface area contributed by atoms with Crippen molar-refractivity contribution in [1.82, 2.24) is 15.6 Å². The lowest BCUT2D eigenvalue weighted by atomic mass is 10.2. The first-order chi connectivity index (χ1) is 10.1. The normalized spacial score (nSPS) is 11.6. The molecule has 0 aliphatic rings. The molecule has 116 valence electrons. The summed E-state index contributed by atoms with van der Waals surface area (Å²) < 4.78 is 0. The summed E-state index contributed by atoms with van der Waals surface area (Å²) >= 11 is 0. The van der Waals surface area contributed by atoms with Crippen LogP contribution in [0.1, 0.15) is 44.0 Å². The molecule has 0 spiro atoms. The van der Waals surface area contributed by atoms with Crippen LogP contribution in [0.4, 0.5) is 5.82 Å². The lowest BCUT2D eigenvalue weighted by molar-refractivity contribution is -0.121. The number of aromatic nitrogens is 1. The van der Waals surface area contributed by atoms with Gasteiger partial charge in [0.15, 0.2) is 0 Å². The molecular formula is C15H24N4O2. The number of hydrogen-bond donors (Lipinski definition) is 3. The van der Waals surface area contributed by atoms with Crippen molar-refractivity contribution in [3.63, 3.8) is 0 Å². The van der Waals surface area contributed by atoms with E-state index in [0.717, 1.165) is 18.8 Å². The van der Waals surface area contributed by atoms with Crippen LogP contribution in [0.5, 0.6) is 0 Å². The van der Waals surface area contributed by atoms with Gasteiger partial charge in [0.1, 0.15) is 5.82 Å². The summed E-state index contributed by atoms with van der Waals surface area (Å²) in [5.74, 6) is 0.467. The fourth-order valence-corrected chi connectivity index (χ4v) is 1.65. The molecule has 6 nitrogen and oxygen atoms in total. The van der Waals surface area contributed by atoms with Gasteiger partial charge in [0.05, 0.1) is 5.56 Å². The lowest BCUT2D eigenvalue weighted by Crippen LogP contribution is -2.35. The summed E-state index contributed by atoms with van der Waals surface area (Å²) in [5.41, 5.74) is 0.485. The van der Waals surface area contributed by atoms with Gasteiger partial charge in [-0.3, -0.25) is 9.59 Å². The van der Waals surface area contributed by atoms with Crippen LogP contribution >= 0.6 is 0 Å². The average Bonchev–Trinajstić information content (AvgIpc) is 2.48. The third-order valence-electron chi connectivity index (χ3n) is 3.04. The van der Waals surface area contributed by atoms with E-state index in [4.69, 9.17) is 0 Å². The number of hydrogen-bond acceptors (Lipinski definition) is 4. The highest BCUT2D eigenvalue weighted by molar-refractivity contribution is 5.94. The summed E-state index contributed by atoms with van der Waals surface area (Å²) in [6.07, 6.45) is 2.69. The van der Waals surface area contributed by atoms with Crippen LogP contribution < -0.4 is 16.0 Å². The van der Waals surface area contributed by atoms with Crippen molar-refractivity contribution in [3.8, 4) is 0 Å². The molecule has 1 rings (SSSR count). The van der Waals surface area contributed by atoms with Crippen molar-refractivity contribution in [2.45, 2.75) is 39.7 Å². The Morgan fingerprint density at radius 2 is 2.05 bits per heavy atom. The number of amides is 2. The van der Waals surface area contributed by atoms with Crippen LogP contribution in [0.3, 0.4) is 0 Å². The van der Waals surface area contributed by atoms with E-state index in [0.29, 0.717) is 12.1 Å². The molecule has 0 aliphatic carbocycles. The molecule has 0 fully saturated rings. The molecule has 1 unspecified atom stereocenters. The molecular weight excluding hydrogens is 268 g/mol. The Morgan fingerprint density at radius 3 is 2.62 bits per heavy atom. The molecule has 0 aromatic carbocycles. The van der Waals surface area contributed by atoms with Gasteiger partial charge in [-0.2, -0.15) is 0 Å². The minimum Gasteiger partial charge on any atom is -0.370 e. The lowest BCUT2D eigenvalue weighted by Gasteiger charge is -2.11. The molecule has 0 radical (unpaired) electrons. The third-order valence-corrected chi connectivity index (χ3v) is 3.04. The zero-order valence-corrected chi connectivity index (χ0v) is 12.9. The molecule has 0 aliphatic heterocycles. The number of carbonyl (C=O) groups excluding carboxylic acids is 2. The molecule has 0 bridgehead atoms. The minimum absolute atomic E-state index is 0.0507. The van der Waals surface area contributed by atoms with Gasteiger partial charge < -0.3 is 16.0 Å². The van der Waals surface area contributed by atoms with E-state index in [2.05, 4.69) is 20.9 Å². The maximum Gasteiger partial charge on any atom is 0.252 e. The zero-order valence-electron chi connectivity index (χ0n) is 12.9. The first-order valence-electron chi connectivity index (χ1n) is 7.34. The Bertz CT molecular complexity index is 459. The maximum absolute atomic E-state index is 11.9. The Labute approximate surface area is 125 Å². The quantitative estimate of drug-likeness (QED) is 0.679. The standard InChI is InChI=1S/C15H24N4O2/c1-4-11(3)19-14(20)8-9-17-15(21)12-6-7-13(16-5-2)18-10-12/h6-7,10-11H,4-5,8-9H2,1-3H3,(H,16,18)(H,17,21)(H,19,20). The third kappa shape index (κ3) is 6.25. The Morgan fingerprint density at radius 1 is 1.29 bits per heavy atom. The smallest absolute Gasteiger partial charge is 0.252 e. The van der Waals surface area contributed by atoms with E-state index >= 15 is 0 Å². The number of nitrogens with one attached hydrogen (secondary N) is 3. The topological polar surface area (TPSA) is 83.1 Å². The number of rotatable bonds is 8. The minimum atomic E-state index is -0.220. The van der Waals surface area contributed by atoms with Crippen LogP contribution in [0.25, 0.3) is 0 Å². The summed E-state index contributed by atoms with van der Waals surface area (Å²) in [5, 5.41) is 8.63. The van der Waals surface area contributed by atoms with Crippen molar-refractivity contribution >= 4 is 17.6 Å². The fourth-order valence-electron chi connectivity index (χ4n) is 1.65. The Hall–Kier alpha value is -2.11. The Kier molecular flexibility index (Phi) is 7.21. The van der Waals surface area contributed by atoms with Gasteiger partial charge in [-0.1, -0.05) is 6.92 Å². The summed E-state index contributed by atoms with van der Waals surface area (Å²) in [6, 6.07) is 3.63. The van der Waals surface area contributed by atoms with Crippen molar-refractivity contribution in [1.29, 1.82) is 0 Å². The van der Waals surface area contributed by atoms with Crippen LogP contribution in [-0.4, -0.2) is 35.9 Å². The second kappa shape index (κ2) is 8.94. The molecule has 6 heteroatoms. The van der Waals surface area contributed by atoms with Crippen LogP contribution in [0.15, 0.2) is 18.3 Å². The SMILES string of the molecule is CCNc1ccc(C(=O)NCCC(=O)NC(C)CC)cn1. The molecule has 21 heavy (non-hydrogen) atoms. The van der Waals surface area contributed by atoms with E-state index in [1.54, 1.807) is 12.1 Å². The maximum atomic E-state index is 11.9. The predicted molar refractivity (Wildman–Crippen MR) is 83.2 cm³/mol. The van der Waals surface area contributed by atoms with Crippen LogP contribution in [0, 0.1) is 0 Å². The summed E-state index contributed by atoms with van der Waals surface area (Å²) in [6.45, 7) is 7.04. The first-order valence-corrected chi connectivity index (χ1v) is 7.34. The van der Waals surface area contributed by atoms with Gasteiger partial charge in [0, 0.05) is 31.7 Å². The molecule has 2 amide bonds. The van der Waals surface area contributed by atoms with Crippen molar-refractivity contribution in [3.05, 3.63) is 23.9 Å². The molecule has 1 heterocycles. The molecule has 3 N–H and O–H groups in total. The number of pyridine rings is 1. The molecule has 1 atom stereocenters. The van der Waals surface area contributed by atoms with Crippen molar-refractivity contribution < 1.29 is 9.59 Å². The molecule has 1 aromatic rings. The number of nitrogens with zero attached hydrogens (tertiary/aromatic N) is 1. The van der Waals surface area contributed by atoms with Gasteiger partial charge >= 0.3 is 0 Å². The van der Waals surface area contributed by atoms with E-state index in [-0.39, 0.29) is 24.3 Å². The highest BCUT2D eigenvalue weighted by atomic mass is 16.2. The van der Waals surface area contributed by atoms with Crippen LogP contribution in [0.2, 0.25) is 0 Å². The first kappa shape index (κ1) is 16.9. The predicted octanol–water partition coefficient (Wildman–Crippen LogP) is 1.55. The van der Waals surface area contributed by atoms with E-state index in [1.165, 1.54) is 6.20 Å². The highest BCUT2D eigenvalue weighted by Gasteiger charge is 2.08. The molecule has 1 aromatic heterocycles. The van der Waals surface area contributed by atoms with Crippen LogP contribution in [-0.2, 0) is 4.79 Å². The zero-order chi connectivity index (χ0) is 15.7. The van der Waals surface area contributed by atoms with E-state index < -0.39 is 0 Å². The van der Waals surface area contributed by atoms with E-state index in [9.17, 15) is 9.59 Å². The van der Waals surface area contributed by atoms with Gasteiger partial charge in [-0.25, -0.2) is 4.98 Å². The second-order valence-electron chi connectivity index (χ2n) is 4.85. The summed E-state index contributed by atoms with van der Waals surface area (Å²) in [4.78, 5) is 27.6. The van der Waals surface area contributed by atoms with Crippen molar-refractivity contribution in [2.24, 2.45) is 0 Å². The monoisotopic (exact) mass is 292 g/mol. The summed E-state index contributed by atoms with van der Waals surface area (Å²) in [7, 11) is 0. The largest absolute Gasteiger partial charge is 0.370 e. The fraction of sp³-hybridized carbons (Fsp3) is 0.533. The molecule has 0 saturated carbocycles. The van der Waals surface area contributed by atoms with E-state index in [1.807, 2.05) is 20.8 Å².